The van der Waals surface area contributed by atoms with Crippen molar-refractivity contribution in [1.82, 2.24) is 4.90 Å². The van der Waals surface area contributed by atoms with E-state index in [-0.39, 0.29) is 0 Å². The maximum atomic E-state index is 2.70. The van der Waals surface area contributed by atoms with Crippen molar-refractivity contribution in [1.29, 1.82) is 0 Å². The summed E-state index contributed by atoms with van der Waals surface area (Å²) in [6, 6.07) is 0.953. The second kappa shape index (κ2) is 2.78. The summed E-state index contributed by atoms with van der Waals surface area (Å²) < 4.78 is 0. The molecule has 2 rings (SSSR count). The highest BCUT2D eigenvalue weighted by Crippen LogP contribution is 2.32. The highest BCUT2D eigenvalue weighted by molar-refractivity contribution is 4.87. The van der Waals surface area contributed by atoms with Gasteiger partial charge in [-0.1, -0.05) is 13.8 Å². The molecule has 0 amide bonds. The van der Waals surface area contributed by atoms with E-state index in [1.165, 1.54) is 32.4 Å². The Morgan fingerprint density at radius 2 is 1.82 bits per heavy atom. The Balaban J connectivity index is 1.97. The monoisotopic (exact) mass is 153 g/mol. The first-order valence-electron chi connectivity index (χ1n) is 4.99. The van der Waals surface area contributed by atoms with Crippen LogP contribution in [0.25, 0.3) is 0 Å². The zero-order valence-electron chi connectivity index (χ0n) is 7.71. The molecule has 0 aliphatic carbocycles. The van der Waals surface area contributed by atoms with Crippen LogP contribution in [0, 0.1) is 11.8 Å². The van der Waals surface area contributed by atoms with Gasteiger partial charge in [0.15, 0.2) is 0 Å². The van der Waals surface area contributed by atoms with Crippen LogP contribution in [0.2, 0.25) is 0 Å². The van der Waals surface area contributed by atoms with Crippen LogP contribution in [0.4, 0.5) is 0 Å². The van der Waals surface area contributed by atoms with Gasteiger partial charge in [0, 0.05) is 12.6 Å². The number of rotatable bonds is 0. The molecule has 0 aromatic heterocycles. The van der Waals surface area contributed by atoms with Crippen molar-refractivity contribution in [3.05, 3.63) is 0 Å². The topological polar surface area (TPSA) is 3.24 Å². The Hall–Kier alpha value is -0.0400. The first-order chi connectivity index (χ1) is 5.25. The zero-order valence-corrected chi connectivity index (χ0v) is 7.71. The van der Waals surface area contributed by atoms with Crippen LogP contribution < -0.4 is 0 Å². The zero-order chi connectivity index (χ0) is 7.84. The standard InChI is InChI=1S/C10H19N/c1-8-3-4-11-7-9(2)6-10(11)5-8/h8-10H,3-7H2,1-2H3/t8-,9-,10-/m0/s1. The van der Waals surface area contributed by atoms with E-state index in [1.54, 1.807) is 0 Å². The van der Waals surface area contributed by atoms with Gasteiger partial charge < -0.3 is 4.90 Å². The van der Waals surface area contributed by atoms with E-state index in [1.807, 2.05) is 0 Å². The molecule has 0 radical (unpaired) electrons. The average molecular weight is 153 g/mol. The number of hydrogen-bond acceptors (Lipinski definition) is 1. The van der Waals surface area contributed by atoms with Crippen LogP contribution in [-0.4, -0.2) is 24.0 Å². The first kappa shape index (κ1) is 7.60. The molecule has 3 atom stereocenters. The molecule has 2 aliphatic heterocycles. The van der Waals surface area contributed by atoms with Gasteiger partial charge in [0.05, 0.1) is 0 Å². The summed E-state index contributed by atoms with van der Waals surface area (Å²) in [4.78, 5) is 2.70. The second-order valence-electron chi connectivity index (χ2n) is 4.62. The van der Waals surface area contributed by atoms with Gasteiger partial charge in [-0.05, 0) is 37.6 Å². The highest BCUT2D eigenvalue weighted by Gasteiger charge is 2.33. The summed E-state index contributed by atoms with van der Waals surface area (Å²) >= 11 is 0. The maximum Gasteiger partial charge on any atom is 0.0101 e. The van der Waals surface area contributed by atoms with Crippen LogP contribution in [0.3, 0.4) is 0 Å². The molecule has 1 nitrogen and oxygen atoms in total. The summed E-state index contributed by atoms with van der Waals surface area (Å²) in [5.41, 5.74) is 0. The van der Waals surface area contributed by atoms with Gasteiger partial charge in [0.25, 0.3) is 0 Å². The number of nitrogens with zero attached hydrogens (tertiary/aromatic N) is 1. The fraction of sp³-hybridized carbons (Fsp3) is 1.00. The molecule has 0 unspecified atom stereocenters. The molecular weight excluding hydrogens is 134 g/mol. The smallest absolute Gasteiger partial charge is 0.0101 e. The predicted octanol–water partition coefficient (Wildman–Crippen LogP) is 2.13. The number of piperidine rings is 1. The predicted molar refractivity (Wildman–Crippen MR) is 47.5 cm³/mol. The van der Waals surface area contributed by atoms with Crippen molar-refractivity contribution < 1.29 is 0 Å². The molecule has 0 aromatic rings. The minimum atomic E-state index is 0.953. The van der Waals surface area contributed by atoms with E-state index in [2.05, 4.69) is 18.7 Å². The number of fused-ring (bicyclic) bond motifs is 1. The van der Waals surface area contributed by atoms with Crippen LogP contribution in [0.5, 0.6) is 0 Å². The van der Waals surface area contributed by atoms with Crippen molar-refractivity contribution in [2.75, 3.05) is 13.1 Å². The van der Waals surface area contributed by atoms with E-state index in [9.17, 15) is 0 Å². The molecule has 0 N–H and O–H groups in total. The largest absolute Gasteiger partial charge is 0.300 e. The highest BCUT2D eigenvalue weighted by atomic mass is 15.2. The van der Waals surface area contributed by atoms with Crippen molar-refractivity contribution in [3.8, 4) is 0 Å². The third-order valence-corrected chi connectivity index (χ3v) is 3.32. The fourth-order valence-electron chi connectivity index (χ4n) is 2.73. The Kier molecular flexibility index (Phi) is 1.92. The van der Waals surface area contributed by atoms with Gasteiger partial charge in [0.1, 0.15) is 0 Å². The van der Waals surface area contributed by atoms with Gasteiger partial charge >= 0.3 is 0 Å². The van der Waals surface area contributed by atoms with Gasteiger partial charge in [0.2, 0.25) is 0 Å². The van der Waals surface area contributed by atoms with Crippen molar-refractivity contribution in [2.45, 2.75) is 39.2 Å². The summed E-state index contributed by atoms with van der Waals surface area (Å²) in [6.07, 6.45) is 4.36. The summed E-state index contributed by atoms with van der Waals surface area (Å²) in [6.45, 7) is 7.54. The first-order valence-corrected chi connectivity index (χ1v) is 4.99. The quantitative estimate of drug-likeness (QED) is 0.515. The molecule has 2 fully saturated rings. The fourth-order valence-corrected chi connectivity index (χ4v) is 2.73. The number of hydrogen-bond donors (Lipinski definition) is 0. The molecule has 0 bridgehead atoms. The molecule has 1 heteroatoms. The molecule has 0 saturated carbocycles. The lowest BCUT2D eigenvalue weighted by Gasteiger charge is -2.32. The van der Waals surface area contributed by atoms with Gasteiger partial charge in [-0.25, -0.2) is 0 Å². The van der Waals surface area contributed by atoms with E-state index >= 15 is 0 Å². The Morgan fingerprint density at radius 3 is 2.64 bits per heavy atom. The molecule has 11 heavy (non-hydrogen) atoms. The Labute approximate surface area is 69.8 Å². The Morgan fingerprint density at radius 1 is 1.09 bits per heavy atom. The van der Waals surface area contributed by atoms with E-state index in [0.717, 1.165) is 17.9 Å². The van der Waals surface area contributed by atoms with E-state index in [0.29, 0.717) is 0 Å². The molecule has 64 valence electrons. The molecule has 0 spiro atoms. The van der Waals surface area contributed by atoms with Crippen LogP contribution in [0.15, 0.2) is 0 Å². The third-order valence-electron chi connectivity index (χ3n) is 3.32. The molecule has 2 saturated heterocycles. The summed E-state index contributed by atoms with van der Waals surface area (Å²) in [7, 11) is 0. The minimum Gasteiger partial charge on any atom is -0.300 e. The van der Waals surface area contributed by atoms with Crippen LogP contribution in [0.1, 0.15) is 33.1 Å². The van der Waals surface area contributed by atoms with E-state index in [4.69, 9.17) is 0 Å². The SMILES string of the molecule is C[C@H]1CCN2C[C@@H](C)C[C@@H]2C1. The van der Waals surface area contributed by atoms with Crippen LogP contribution in [-0.2, 0) is 0 Å². The molecule has 2 heterocycles. The normalized spacial score (nSPS) is 45.8. The minimum absolute atomic E-state index is 0.953. The van der Waals surface area contributed by atoms with Gasteiger partial charge in [-0.2, -0.15) is 0 Å². The third kappa shape index (κ3) is 1.44. The summed E-state index contributed by atoms with van der Waals surface area (Å²) in [5, 5.41) is 0. The van der Waals surface area contributed by atoms with Crippen molar-refractivity contribution >= 4 is 0 Å². The Bertz CT molecular complexity index is 144. The molecular formula is C10H19N. The van der Waals surface area contributed by atoms with Crippen LogP contribution >= 0.6 is 0 Å². The molecule has 0 aromatic carbocycles. The van der Waals surface area contributed by atoms with Gasteiger partial charge in [-0.15, -0.1) is 0 Å². The lowest BCUT2D eigenvalue weighted by atomic mass is 9.92. The second-order valence-corrected chi connectivity index (χ2v) is 4.62. The summed E-state index contributed by atoms with van der Waals surface area (Å²) in [5.74, 6) is 1.95. The lowest BCUT2D eigenvalue weighted by molar-refractivity contribution is 0.160. The maximum absolute atomic E-state index is 2.70. The van der Waals surface area contributed by atoms with Crippen molar-refractivity contribution in [3.63, 3.8) is 0 Å². The molecule has 2 aliphatic rings. The van der Waals surface area contributed by atoms with Crippen molar-refractivity contribution in [2.24, 2.45) is 11.8 Å². The van der Waals surface area contributed by atoms with Gasteiger partial charge in [-0.3, -0.25) is 0 Å². The lowest BCUT2D eigenvalue weighted by Crippen LogP contribution is -2.37. The average Bonchev–Trinajstić information content (AvgIpc) is 2.27. The van der Waals surface area contributed by atoms with E-state index < -0.39 is 0 Å².